The van der Waals surface area contributed by atoms with Gasteiger partial charge in [-0.3, -0.25) is 9.78 Å². The second kappa shape index (κ2) is 8.75. The quantitative estimate of drug-likeness (QED) is 0.489. The summed E-state index contributed by atoms with van der Waals surface area (Å²) in [5.41, 5.74) is 3.07. The highest BCUT2D eigenvalue weighted by molar-refractivity contribution is 5.94. The molecule has 1 amide bonds. The monoisotopic (exact) mass is 355 g/mol. The molecule has 26 heavy (non-hydrogen) atoms. The van der Waals surface area contributed by atoms with Crippen LogP contribution in [0.3, 0.4) is 0 Å². The second-order valence-corrected chi connectivity index (χ2v) is 6.38. The van der Waals surface area contributed by atoms with Crippen LogP contribution in [0.5, 0.6) is 5.75 Å². The maximum atomic E-state index is 11.8. The van der Waals surface area contributed by atoms with Crippen LogP contribution < -0.4 is 10.2 Å². The van der Waals surface area contributed by atoms with Gasteiger partial charge < -0.3 is 9.47 Å². The summed E-state index contributed by atoms with van der Waals surface area (Å²) >= 11 is 0. The van der Waals surface area contributed by atoms with Gasteiger partial charge in [0.25, 0.3) is 5.91 Å². The molecule has 0 radical (unpaired) electrons. The highest BCUT2D eigenvalue weighted by atomic mass is 16.6. The summed E-state index contributed by atoms with van der Waals surface area (Å²) in [4.78, 5) is 27.3. The van der Waals surface area contributed by atoms with Crippen molar-refractivity contribution >= 4 is 18.1 Å². The van der Waals surface area contributed by atoms with Crippen molar-refractivity contribution in [1.82, 2.24) is 10.4 Å². The molecule has 7 heteroatoms. The van der Waals surface area contributed by atoms with E-state index in [2.05, 4.69) is 15.5 Å². The van der Waals surface area contributed by atoms with E-state index in [1.54, 1.807) is 63.4 Å². The topological polar surface area (TPSA) is 89.9 Å². The lowest BCUT2D eigenvalue weighted by atomic mass is 10.2. The predicted octanol–water partition coefficient (Wildman–Crippen LogP) is 2.57. The van der Waals surface area contributed by atoms with Crippen molar-refractivity contribution in [1.29, 1.82) is 0 Å². The molecule has 0 aliphatic rings. The Morgan fingerprint density at radius 2 is 1.92 bits per heavy atom. The van der Waals surface area contributed by atoms with Crippen LogP contribution in [-0.2, 0) is 9.53 Å². The molecule has 0 aliphatic heterocycles. The lowest BCUT2D eigenvalue weighted by Gasteiger charge is -2.19. The molecule has 0 saturated heterocycles. The van der Waals surface area contributed by atoms with Crippen LogP contribution in [0.1, 0.15) is 36.7 Å². The van der Waals surface area contributed by atoms with E-state index in [1.165, 1.54) is 12.4 Å². The third-order valence-corrected chi connectivity index (χ3v) is 2.96. The number of ether oxygens (including phenoxy) is 2. The third kappa shape index (κ3) is 6.72. The number of carbonyl (C=O) groups excluding carboxylic acids is 2. The van der Waals surface area contributed by atoms with E-state index in [4.69, 9.17) is 9.47 Å². The van der Waals surface area contributed by atoms with Gasteiger partial charge in [-0.05, 0) is 62.7 Å². The first-order chi connectivity index (χ1) is 12.3. The Morgan fingerprint density at radius 1 is 1.19 bits per heavy atom. The van der Waals surface area contributed by atoms with Crippen LogP contribution in [0.15, 0.2) is 53.9 Å². The highest BCUT2D eigenvalue weighted by Gasteiger charge is 2.16. The van der Waals surface area contributed by atoms with Crippen molar-refractivity contribution in [2.24, 2.45) is 5.10 Å². The lowest BCUT2D eigenvalue weighted by molar-refractivity contribution is -0.157. The molecule has 0 saturated carbocycles. The van der Waals surface area contributed by atoms with Gasteiger partial charge in [0.05, 0.1) is 11.8 Å². The summed E-state index contributed by atoms with van der Waals surface area (Å²) in [5, 5.41) is 3.89. The standard InChI is InChI=1S/C19H21N3O4/c1-19(2,3)26-17(23)13-25-16-8-6-14(7-9-16)11-21-22-18(24)15-5-4-10-20-12-15/h4-12H,13H2,1-3H3,(H,22,24)/b21-11+. The molecule has 1 aromatic heterocycles. The molecule has 0 atom stereocenters. The Kier molecular flexibility index (Phi) is 6.43. The summed E-state index contributed by atoms with van der Waals surface area (Å²) in [6.45, 7) is 5.23. The zero-order valence-electron chi connectivity index (χ0n) is 14.9. The van der Waals surface area contributed by atoms with Crippen molar-refractivity contribution in [3.63, 3.8) is 0 Å². The van der Waals surface area contributed by atoms with Crippen LogP contribution >= 0.6 is 0 Å². The number of nitrogens with zero attached hydrogens (tertiary/aromatic N) is 2. The molecule has 1 N–H and O–H groups in total. The Morgan fingerprint density at radius 3 is 2.54 bits per heavy atom. The zero-order chi connectivity index (χ0) is 19.0. The average Bonchev–Trinajstić information content (AvgIpc) is 2.60. The van der Waals surface area contributed by atoms with Gasteiger partial charge >= 0.3 is 5.97 Å². The Labute approximate surface area is 152 Å². The van der Waals surface area contributed by atoms with Crippen LogP contribution in [-0.4, -0.2) is 35.3 Å². The van der Waals surface area contributed by atoms with E-state index in [0.717, 1.165) is 5.56 Å². The molecule has 0 bridgehead atoms. The minimum atomic E-state index is -0.541. The average molecular weight is 355 g/mol. The number of pyridine rings is 1. The molecular weight excluding hydrogens is 334 g/mol. The van der Waals surface area contributed by atoms with E-state index < -0.39 is 11.6 Å². The number of esters is 1. The smallest absolute Gasteiger partial charge is 0.344 e. The first-order valence-electron chi connectivity index (χ1n) is 8.02. The lowest BCUT2D eigenvalue weighted by Crippen LogP contribution is -2.27. The fourth-order valence-electron chi connectivity index (χ4n) is 1.89. The number of hydrogen-bond acceptors (Lipinski definition) is 6. The summed E-state index contributed by atoms with van der Waals surface area (Å²) < 4.78 is 10.5. The number of carbonyl (C=O) groups is 2. The first kappa shape index (κ1) is 19.1. The number of aromatic nitrogens is 1. The van der Waals surface area contributed by atoms with E-state index in [-0.39, 0.29) is 12.5 Å². The molecule has 7 nitrogen and oxygen atoms in total. The SMILES string of the molecule is CC(C)(C)OC(=O)COc1ccc(/C=N/NC(=O)c2cccnc2)cc1. The Balaban J connectivity index is 1.81. The van der Waals surface area contributed by atoms with Crippen molar-refractivity contribution < 1.29 is 19.1 Å². The molecule has 2 aromatic rings. The minimum Gasteiger partial charge on any atom is -0.482 e. The molecule has 0 aliphatic carbocycles. The van der Waals surface area contributed by atoms with Crippen molar-refractivity contribution in [3.8, 4) is 5.75 Å². The van der Waals surface area contributed by atoms with Gasteiger partial charge in [-0.1, -0.05) is 0 Å². The van der Waals surface area contributed by atoms with E-state index in [0.29, 0.717) is 11.3 Å². The van der Waals surface area contributed by atoms with Gasteiger partial charge in [0.1, 0.15) is 11.4 Å². The van der Waals surface area contributed by atoms with Crippen LogP contribution in [0.25, 0.3) is 0 Å². The van der Waals surface area contributed by atoms with Gasteiger partial charge in [0.2, 0.25) is 0 Å². The molecule has 1 heterocycles. The van der Waals surface area contributed by atoms with E-state index in [1.807, 2.05) is 0 Å². The normalized spacial score (nSPS) is 11.2. The maximum absolute atomic E-state index is 11.8. The van der Waals surface area contributed by atoms with Gasteiger partial charge in [0, 0.05) is 12.4 Å². The minimum absolute atomic E-state index is 0.161. The third-order valence-electron chi connectivity index (χ3n) is 2.96. The van der Waals surface area contributed by atoms with Gasteiger partial charge in [-0.25, -0.2) is 10.2 Å². The van der Waals surface area contributed by atoms with Crippen molar-refractivity contribution in [2.45, 2.75) is 26.4 Å². The highest BCUT2D eigenvalue weighted by Crippen LogP contribution is 2.12. The molecule has 1 aromatic carbocycles. The molecule has 136 valence electrons. The Bertz CT molecular complexity index is 766. The maximum Gasteiger partial charge on any atom is 0.344 e. The number of rotatable bonds is 6. The largest absolute Gasteiger partial charge is 0.482 e. The van der Waals surface area contributed by atoms with Crippen LogP contribution in [0.4, 0.5) is 0 Å². The number of nitrogens with one attached hydrogen (secondary N) is 1. The van der Waals surface area contributed by atoms with Gasteiger partial charge in [-0.15, -0.1) is 0 Å². The predicted molar refractivity (Wildman–Crippen MR) is 97.1 cm³/mol. The molecule has 2 rings (SSSR count). The van der Waals surface area contributed by atoms with Crippen molar-refractivity contribution in [3.05, 3.63) is 59.9 Å². The Hall–Kier alpha value is -3.22. The zero-order valence-corrected chi connectivity index (χ0v) is 14.9. The van der Waals surface area contributed by atoms with Gasteiger partial charge in [0.15, 0.2) is 6.61 Å². The molecular formula is C19H21N3O4. The summed E-state index contributed by atoms with van der Waals surface area (Å²) in [5.74, 6) is -0.236. The number of hydrazone groups is 1. The number of hydrogen-bond donors (Lipinski definition) is 1. The van der Waals surface area contributed by atoms with Gasteiger partial charge in [-0.2, -0.15) is 5.10 Å². The summed E-state index contributed by atoms with van der Waals surface area (Å²) in [7, 11) is 0. The van der Waals surface area contributed by atoms with E-state index >= 15 is 0 Å². The van der Waals surface area contributed by atoms with Crippen LogP contribution in [0, 0.1) is 0 Å². The number of benzene rings is 1. The van der Waals surface area contributed by atoms with Crippen LogP contribution in [0.2, 0.25) is 0 Å². The first-order valence-corrected chi connectivity index (χ1v) is 8.02. The second-order valence-electron chi connectivity index (χ2n) is 6.38. The fraction of sp³-hybridized carbons (Fsp3) is 0.263. The van der Waals surface area contributed by atoms with E-state index in [9.17, 15) is 9.59 Å². The molecule has 0 unspecified atom stereocenters. The molecule has 0 spiro atoms. The summed E-state index contributed by atoms with van der Waals surface area (Å²) in [6.07, 6.45) is 4.56. The summed E-state index contributed by atoms with van der Waals surface area (Å²) in [6, 6.07) is 10.2. The number of amides is 1. The fourth-order valence-corrected chi connectivity index (χ4v) is 1.89. The van der Waals surface area contributed by atoms with Crippen molar-refractivity contribution in [2.75, 3.05) is 6.61 Å². The molecule has 0 fully saturated rings.